The first-order valence-corrected chi connectivity index (χ1v) is 12.7. The maximum atomic E-state index is 6.20. The van der Waals surface area contributed by atoms with Crippen molar-refractivity contribution in [2.24, 2.45) is 11.8 Å². The van der Waals surface area contributed by atoms with E-state index in [1.807, 2.05) is 0 Å². The van der Waals surface area contributed by atoms with Crippen LogP contribution >= 0.6 is 7.28 Å². The second kappa shape index (κ2) is 4.06. The van der Waals surface area contributed by atoms with Gasteiger partial charge >= 0.3 is 113 Å². The van der Waals surface area contributed by atoms with Crippen molar-refractivity contribution in [3.63, 3.8) is 0 Å². The zero-order chi connectivity index (χ0) is 11.4. The third-order valence-corrected chi connectivity index (χ3v) is 21.6. The van der Waals surface area contributed by atoms with Gasteiger partial charge in [-0.05, 0) is 0 Å². The molecule has 0 N–H and O–H groups in total. The molecule has 5 heteroatoms. The summed E-state index contributed by atoms with van der Waals surface area (Å²) >= 11 is -1.92. The summed E-state index contributed by atoms with van der Waals surface area (Å²) in [5, 5.41) is 0. The normalized spacial score (nSPS) is 38.2. The van der Waals surface area contributed by atoms with Crippen LogP contribution in [0.4, 0.5) is 0 Å². The van der Waals surface area contributed by atoms with Crippen molar-refractivity contribution in [3.05, 3.63) is 0 Å². The Morgan fingerprint density at radius 3 is 1.47 bits per heavy atom. The van der Waals surface area contributed by atoms with Gasteiger partial charge in [-0.15, -0.1) is 0 Å². The van der Waals surface area contributed by atoms with Gasteiger partial charge in [0.25, 0.3) is 0 Å². The van der Waals surface area contributed by atoms with Gasteiger partial charge in [0.15, 0.2) is 0 Å². The van der Waals surface area contributed by atoms with Crippen LogP contribution in [0.2, 0.25) is 0 Å². The van der Waals surface area contributed by atoms with Crippen LogP contribution < -0.4 is 0 Å². The summed E-state index contributed by atoms with van der Waals surface area (Å²) in [5.74, 6) is 1.69. The molecule has 0 unspecified atom stereocenters. The Morgan fingerprint density at radius 2 is 1.18 bits per heavy atom. The molecule has 5 aliphatic rings. The van der Waals surface area contributed by atoms with Gasteiger partial charge in [0.2, 0.25) is 0 Å². The van der Waals surface area contributed by atoms with Gasteiger partial charge in [-0.3, -0.25) is 0 Å². The number of hydrogen-bond donors (Lipinski definition) is 0. The molecule has 0 radical (unpaired) electrons. The van der Waals surface area contributed by atoms with Crippen LogP contribution in [0.25, 0.3) is 0 Å². The van der Waals surface area contributed by atoms with E-state index in [0.717, 1.165) is 24.2 Å². The van der Waals surface area contributed by atoms with Crippen molar-refractivity contribution >= 4 is 28.8 Å². The Kier molecular flexibility index (Phi) is 2.85. The van der Waals surface area contributed by atoms with Gasteiger partial charge in [0.05, 0.1) is 0 Å². The molecule has 5 rings (SSSR count). The molecule has 0 atom stereocenters. The molecule has 3 nitrogen and oxygen atoms in total. The summed E-state index contributed by atoms with van der Waals surface area (Å²) in [5.41, 5.74) is 0. The molecule has 3 aliphatic heterocycles. The predicted molar refractivity (Wildman–Crippen MR) is 69.6 cm³/mol. The molecule has 0 spiro atoms. The zero-order valence-corrected chi connectivity index (χ0v) is 13.8. The standard InChI is InChI=1S/C12H22O3P.Sb/c13-16(14,15,9-11-5-1-2-6-11)10-12-7-3-4-8-12;/h11-12H,1-10H2;/q-3;+3. The van der Waals surface area contributed by atoms with E-state index in [9.17, 15) is 0 Å². The van der Waals surface area contributed by atoms with E-state index in [-0.39, 0.29) is 0 Å². The second-order valence-electron chi connectivity index (χ2n) is 6.36. The third-order valence-electron chi connectivity index (χ3n) is 4.92. The fourth-order valence-electron chi connectivity index (χ4n) is 4.12. The third kappa shape index (κ3) is 1.92. The molecule has 0 aromatic rings. The summed E-state index contributed by atoms with van der Waals surface area (Å²) in [6.45, 7) is 0. The minimum absolute atomic E-state index is 0.844. The van der Waals surface area contributed by atoms with Crippen LogP contribution in [0.3, 0.4) is 0 Å². The van der Waals surface area contributed by atoms with E-state index in [4.69, 9.17) is 8.41 Å². The number of rotatable bonds is 4. The maximum absolute atomic E-state index is 6.20. The first kappa shape index (κ1) is 11.9. The van der Waals surface area contributed by atoms with E-state index in [1.165, 1.54) is 51.4 Å². The summed E-state index contributed by atoms with van der Waals surface area (Å²) in [7, 11) is -2.42. The van der Waals surface area contributed by atoms with Crippen molar-refractivity contribution < 1.29 is 8.41 Å². The molecule has 3 heterocycles. The van der Waals surface area contributed by atoms with Crippen molar-refractivity contribution in [2.75, 3.05) is 12.3 Å². The van der Waals surface area contributed by atoms with Gasteiger partial charge in [-0.1, -0.05) is 0 Å². The summed E-state index contributed by atoms with van der Waals surface area (Å²) in [6, 6.07) is 0. The molecule has 5 fully saturated rings. The van der Waals surface area contributed by atoms with Crippen LogP contribution in [0.1, 0.15) is 51.4 Å². The van der Waals surface area contributed by atoms with Gasteiger partial charge in [-0.2, -0.15) is 0 Å². The Labute approximate surface area is 112 Å². The summed E-state index contributed by atoms with van der Waals surface area (Å²) < 4.78 is 18.6. The van der Waals surface area contributed by atoms with E-state index >= 15 is 0 Å². The van der Waals surface area contributed by atoms with Crippen molar-refractivity contribution in [2.45, 2.75) is 51.4 Å². The first-order chi connectivity index (χ1) is 8.26. The molecule has 98 valence electrons. The first-order valence-electron chi connectivity index (χ1n) is 7.18. The summed E-state index contributed by atoms with van der Waals surface area (Å²) in [6.07, 6.45) is 13.5. The topological polar surface area (TPSA) is 27.7 Å². The van der Waals surface area contributed by atoms with Crippen LogP contribution in [-0.2, 0) is 8.41 Å². The van der Waals surface area contributed by atoms with E-state index < -0.39 is 28.8 Å². The fraction of sp³-hybridized carbons (Fsp3) is 1.00. The van der Waals surface area contributed by atoms with Crippen molar-refractivity contribution in [3.8, 4) is 0 Å². The Hall–Kier alpha value is 1.13. The number of hydrogen-bond acceptors (Lipinski definition) is 3. The second-order valence-corrected chi connectivity index (χ2v) is 15.5. The molecule has 2 bridgehead atoms. The van der Waals surface area contributed by atoms with Crippen LogP contribution in [0, 0.1) is 11.8 Å². The van der Waals surface area contributed by atoms with Gasteiger partial charge in [0.1, 0.15) is 0 Å². The van der Waals surface area contributed by atoms with E-state index in [0.29, 0.717) is 0 Å². The predicted octanol–water partition coefficient (Wildman–Crippen LogP) is 3.73. The molecule has 0 aromatic carbocycles. The monoisotopic (exact) mass is 366 g/mol. The van der Waals surface area contributed by atoms with Crippen LogP contribution in [-0.4, -0.2) is 33.8 Å². The van der Waals surface area contributed by atoms with Crippen molar-refractivity contribution in [1.82, 2.24) is 0 Å². The van der Waals surface area contributed by atoms with Gasteiger partial charge in [0, 0.05) is 0 Å². The molecule has 0 amide bonds. The molecular formula is C12H22O3PSb. The molecule has 17 heavy (non-hydrogen) atoms. The van der Waals surface area contributed by atoms with E-state index in [2.05, 4.69) is 0 Å². The molecule has 2 aliphatic carbocycles. The Bertz CT molecular complexity index is 284. The quantitative estimate of drug-likeness (QED) is 0.560. The molecule has 2 saturated carbocycles. The molecule has 3 saturated heterocycles. The average Bonchev–Trinajstić information content (AvgIpc) is 2.84. The Balaban J connectivity index is 1.46. The fourth-order valence-corrected chi connectivity index (χ4v) is 19.7. The van der Waals surface area contributed by atoms with Crippen molar-refractivity contribution in [1.29, 1.82) is 0 Å². The van der Waals surface area contributed by atoms with Gasteiger partial charge in [-0.25, -0.2) is 0 Å². The zero-order valence-electron chi connectivity index (χ0n) is 10.3. The minimum atomic E-state index is -2.42. The van der Waals surface area contributed by atoms with Crippen LogP contribution in [0.5, 0.6) is 0 Å². The molecule has 0 aromatic heterocycles. The Morgan fingerprint density at radius 1 is 0.765 bits per heavy atom. The average molecular weight is 367 g/mol. The molecular weight excluding hydrogens is 345 g/mol. The van der Waals surface area contributed by atoms with Gasteiger partial charge < -0.3 is 0 Å². The van der Waals surface area contributed by atoms with E-state index in [1.54, 1.807) is 0 Å². The SMILES string of the molecule is C1CCC(CP23(CC4CCCC4)[O][Sb]([O]2)[O]3)C1. The van der Waals surface area contributed by atoms with Crippen LogP contribution in [0.15, 0.2) is 0 Å². The summed E-state index contributed by atoms with van der Waals surface area (Å²) in [4.78, 5) is 0.